The van der Waals surface area contributed by atoms with Gasteiger partial charge in [0.25, 0.3) is 5.91 Å². The van der Waals surface area contributed by atoms with E-state index >= 15 is 0 Å². The van der Waals surface area contributed by atoms with Crippen molar-refractivity contribution in [3.05, 3.63) is 34.9 Å². The van der Waals surface area contributed by atoms with Crippen molar-refractivity contribution in [3.63, 3.8) is 0 Å². The Morgan fingerprint density at radius 1 is 1.32 bits per heavy atom. The molecule has 0 spiro atoms. The van der Waals surface area contributed by atoms with Crippen LogP contribution < -0.4 is 10.6 Å². The summed E-state index contributed by atoms with van der Waals surface area (Å²) < 4.78 is 0. The topological polar surface area (TPSA) is 78.5 Å². The van der Waals surface area contributed by atoms with Gasteiger partial charge in [-0.2, -0.15) is 0 Å². The Kier molecular flexibility index (Phi) is 3.39. The van der Waals surface area contributed by atoms with Crippen LogP contribution in [0.5, 0.6) is 0 Å². The minimum absolute atomic E-state index is 0.262. The summed E-state index contributed by atoms with van der Waals surface area (Å²) in [6.07, 6.45) is 3.19. The molecule has 1 aromatic rings. The van der Waals surface area contributed by atoms with Crippen LogP contribution >= 0.6 is 0 Å². The van der Waals surface area contributed by atoms with E-state index in [0.717, 1.165) is 29.7 Å². The zero-order valence-corrected chi connectivity index (χ0v) is 12.7. The van der Waals surface area contributed by atoms with E-state index in [2.05, 4.69) is 10.6 Å². The van der Waals surface area contributed by atoms with Gasteiger partial charge in [0.1, 0.15) is 12.1 Å². The molecule has 1 aliphatic heterocycles. The average molecular weight is 301 g/mol. The molecule has 1 atom stereocenters. The van der Waals surface area contributed by atoms with Crippen molar-refractivity contribution in [1.82, 2.24) is 15.5 Å². The zero-order chi connectivity index (χ0) is 15.9. The molecule has 0 saturated carbocycles. The molecule has 22 heavy (non-hydrogen) atoms. The maximum absolute atomic E-state index is 12.7. The van der Waals surface area contributed by atoms with E-state index in [0.29, 0.717) is 0 Å². The molecule has 6 nitrogen and oxygen atoms in total. The summed E-state index contributed by atoms with van der Waals surface area (Å²) in [5.74, 6) is -0.763. The van der Waals surface area contributed by atoms with E-state index in [1.807, 2.05) is 18.2 Å². The maximum atomic E-state index is 12.7. The molecule has 116 valence electrons. The first-order chi connectivity index (χ1) is 10.5. The smallest absolute Gasteiger partial charge is 0.325 e. The predicted octanol–water partition coefficient (Wildman–Crippen LogP) is 0.688. The second kappa shape index (κ2) is 5.12. The minimum Gasteiger partial charge on any atom is -0.358 e. The Morgan fingerprint density at radius 2 is 2.05 bits per heavy atom. The standard InChI is InChI=1S/C16H19N3O3/c1-16(12-7-6-10-4-3-5-11(10)8-12)14(21)19(15(22)18-16)9-13(20)17-2/h6-8H,3-5,9H2,1-2H3,(H,17,20)(H,18,22). The van der Waals surface area contributed by atoms with Crippen LogP contribution in [0.3, 0.4) is 0 Å². The van der Waals surface area contributed by atoms with Crippen molar-refractivity contribution in [2.75, 3.05) is 13.6 Å². The summed E-state index contributed by atoms with van der Waals surface area (Å²) in [4.78, 5) is 37.2. The molecule has 1 aliphatic carbocycles. The van der Waals surface area contributed by atoms with Gasteiger partial charge in [-0.3, -0.25) is 14.5 Å². The summed E-state index contributed by atoms with van der Waals surface area (Å²) in [5, 5.41) is 5.15. The van der Waals surface area contributed by atoms with Gasteiger partial charge in [0, 0.05) is 7.05 Å². The zero-order valence-electron chi connectivity index (χ0n) is 12.7. The van der Waals surface area contributed by atoms with Crippen LogP contribution in [0.1, 0.15) is 30.0 Å². The molecule has 6 heteroatoms. The van der Waals surface area contributed by atoms with E-state index < -0.39 is 11.6 Å². The highest BCUT2D eigenvalue weighted by Crippen LogP contribution is 2.32. The number of likely N-dealkylation sites (N-methyl/N-ethyl adjacent to an activating group) is 1. The molecule has 0 bridgehead atoms. The van der Waals surface area contributed by atoms with Crippen molar-refractivity contribution in [2.24, 2.45) is 0 Å². The monoisotopic (exact) mass is 301 g/mol. The van der Waals surface area contributed by atoms with Crippen LogP contribution in [-0.4, -0.2) is 36.3 Å². The predicted molar refractivity (Wildman–Crippen MR) is 80.1 cm³/mol. The highest BCUT2D eigenvalue weighted by molar-refractivity contribution is 6.09. The Bertz CT molecular complexity index is 671. The number of fused-ring (bicyclic) bond motifs is 1. The molecule has 4 amide bonds. The summed E-state index contributed by atoms with van der Waals surface area (Å²) in [5.41, 5.74) is 2.21. The van der Waals surface area contributed by atoms with Gasteiger partial charge in [-0.1, -0.05) is 18.2 Å². The number of hydrogen-bond acceptors (Lipinski definition) is 3. The van der Waals surface area contributed by atoms with Crippen LogP contribution in [-0.2, 0) is 28.0 Å². The number of nitrogens with one attached hydrogen (secondary N) is 2. The molecule has 1 unspecified atom stereocenters. The van der Waals surface area contributed by atoms with E-state index in [1.54, 1.807) is 6.92 Å². The number of benzene rings is 1. The van der Waals surface area contributed by atoms with E-state index in [1.165, 1.54) is 18.2 Å². The lowest BCUT2D eigenvalue weighted by atomic mass is 9.89. The third-order valence-electron chi connectivity index (χ3n) is 4.53. The van der Waals surface area contributed by atoms with Gasteiger partial charge in [-0.05, 0) is 42.9 Å². The summed E-state index contributed by atoms with van der Waals surface area (Å²) >= 11 is 0. The fourth-order valence-corrected chi connectivity index (χ4v) is 3.14. The number of imide groups is 1. The first-order valence-corrected chi connectivity index (χ1v) is 7.42. The number of carbonyl (C=O) groups excluding carboxylic acids is 3. The molecule has 1 heterocycles. The second-order valence-electron chi connectivity index (χ2n) is 5.96. The lowest BCUT2D eigenvalue weighted by Gasteiger charge is -2.23. The number of nitrogens with zero attached hydrogens (tertiary/aromatic N) is 1. The second-order valence-corrected chi connectivity index (χ2v) is 5.96. The summed E-state index contributed by atoms with van der Waals surface area (Å²) in [6.45, 7) is 1.43. The van der Waals surface area contributed by atoms with Crippen LogP contribution in [0.2, 0.25) is 0 Å². The fraction of sp³-hybridized carbons (Fsp3) is 0.438. The molecule has 3 rings (SSSR count). The SMILES string of the molecule is CNC(=O)CN1C(=O)NC(C)(c2ccc3c(c2)CCC3)C1=O. The van der Waals surface area contributed by atoms with Crippen molar-refractivity contribution in [2.45, 2.75) is 31.7 Å². The van der Waals surface area contributed by atoms with Crippen LogP contribution in [0.4, 0.5) is 4.79 Å². The molecule has 2 N–H and O–H groups in total. The van der Waals surface area contributed by atoms with Crippen LogP contribution in [0.15, 0.2) is 18.2 Å². The number of urea groups is 1. The number of amides is 4. The highest BCUT2D eigenvalue weighted by atomic mass is 16.2. The van der Waals surface area contributed by atoms with E-state index in [-0.39, 0.29) is 18.4 Å². The largest absolute Gasteiger partial charge is 0.358 e. The lowest BCUT2D eigenvalue weighted by Crippen LogP contribution is -2.42. The highest BCUT2D eigenvalue weighted by Gasteiger charge is 2.49. The Morgan fingerprint density at radius 3 is 2.77 bits per heavy atom. The van der Waals surface area contributed by atoms with E-state index in [9.17, 15) is 14.4 Å². The van der Waals surface area contributed by atoms with Crippen LogP contribution in [0.25, 0.3) is 0 Å². The molecule has 2 aliphatic rings. The van der Waals surface area contributed by atoms with E-state index in [4.69, 9.17) is 0 Å². The minimum atomic E-state index is -1.11. The number of carbonyl (C=O) groups is 3. The first kappa shape index (κ1) is 14.6. The molecule has 1 aromatic carbocycles. The van der Waals surface area contributed by atoms with Gasteiger partial charge in [0.2, 0.25) is 5.91 Å². The van der Waals surface area contributed by atoms with Crippen molar-refractivity contribution < 1.29 is 14.4 Å². The summed E-state index contributed by atoms with van der Waals surface area (Å²) in [6, 6.07) is 5.40. The molecule has 1 fully saturated rings. The number of rotatable bonds is 3. The first-order valence-electron chi connectivity index (χ1n) is 7.42. The van der Waals surface area contributed by atoms with Gasteiger partial charge in [0.05, 0.1) is 0 Å². The lowest BCUT2D eigenvalue weighted by molar-refractivity contribution is -0.134. The third kappa shape index (κ3) is 2.15. The van der Waals surface area contributed by atoms with Crippen LogP contribution in [0, 0.1) is 0 Å². The molecule has 0 radical (unpaired) electrons. The normalized spacial score (nSPS) is 23.5. The maximum Gasteiger partial charge on any atom is 0.325 e. The number of hydrogen-bond donors (Lipinski definition) is 2. The van der Waals surface area contributed by atoms with Gasteiger partial charge in [-0.15, -0.1) is 0 Å². The fourth-order valence-electron chi connectivity index (χ4n) is 3.14. The van der Waals surface area contributed by atoms with Crippen molar-refractivity contribution in [3.8, 4) is 0 Å². The Balaban J connectivity index is 1.91. The Labute approximate surface area is 128 Å². The van der Waals surface area contributed by atoms with Gasteiger partial charge < -0.3 is 10.6 Å². The van der Waals surface area contributed by atoms with Crippen molar-refractivity contribution >= 4 is 17.8 Å². The Hall–Kier alpha value is -2.37. The van der Waals surface area contributed by atoms with Gasteiger partial charge in [-0.25, -0.2) is 4.79 Å². The van der Waals surface area contributed by atoms with Gasteiger partial charge >= 0.3 is 6.03 Å². The molecule has 0 aromatic heterocycles. The summed E-state index contributed by atoms with van der Waals surface area (Å²) in [7, 11) is 1.47. The number of aryl methyl sites for hydroxylation is 2. The molecular formula is C16H19N3O3. The van der Waals surface area contributed by atoms with Crippen molar-refractivity contribution in [1.29, 1.82) is 0 Å². The third-order valence-corrected chi connectivity index (χ3v) is 4.53. The average Bonchev–Trinajstić information content (AvgIpc) is 3.05. The molecule has 1 saturated heterocycles. The quantitative estimate of drug-likeness (QED) is 0.806. The van der Waals surface area contributed by atoms with Gasteiger partial charge in [0.15, 0.2) is 0 Å². The molecular weight excluding hydrogens is 282 g/mol.